The molecular weight excluding hydrogens is 410 g/mol. The second-order valence-corrected chi connectivity index (χ2v) is 8.39. The second kappa shape index (κ2) is 7.60. The van der Waals surface area contributed by atoms with Crippen LogP contribution in [0, 0.1) is 0 Å². The molecule has 1 heterocycles. The lowest BCUT2D eigenvalue weighted by molar-refractivity contribution is -0.146. The average Bonchev–Trinajstić information content (AvgIpc) is 3.00. The molecule has 3 rings (SSSR count). The summed E-state index contributed by atoms with van der Waals surface area (Å²) in [6.07, 6.45) is -2.73. The standard InChI is InChI=1S/C19H17F4N3O2S/c1-29(27,28)14-7-5-12(6-8-14)15-3-2-4-16-17(15)25-18(19(21,22)23)26(16)11-13(20)9-10-24/h2-9H,10-11,24H2,1H3/b13-9-. The van der Waals surface area contributed by atoms with Crippen molar-refractivity contribution in [3.63, 3.8) is 0 Å². The Morgan fingerprint density at radius 2 is 1.83 bits per heavy atom. The molecule has 0 bridgehead atoms. The fourth-order valence-electron chi connectivity index (χ4n) is 2.98. The van der Waals surface area contributed by atoms with Crippen LogP contribution in [0.2, 0.25) is 0 Å². The number of nitrogens with zero attached hydrogens (tertiary/aromatic N) is 2. The number of alkyl halides is 3. The van der Waals surface area contributed by atoms with E-state index >= 15 is 0 Å². The Labute approximate surface area is 164 Å². The highest BCUT2D eigenvalue weighted by Gasteiger charge is 2.38. The molecule has 0 aliphatic heterocycles. The number of allylic oxidation sites excluding steroid dienone is 1. The zero-order valence-electron chi connectivity index (χ0n) is 15.2. The number of benzene rings is 2. The molecule has 3 aromatic rings. The fraction of sp³-hybridized carbons (Fsp3) is 0.211. The van der Waals surface area contributed by atoms with Gasteiger partial charge in [-0.2, -0.15) is 13.2 Å². The van der Waals surface area contributed by atoms with Gasteiger partial charge in [-0.05, 0) is 29.8 Å². The van der Waals surface area contributed by atoms with E-state index in [0.717, 1.165) is 16.9 Å². The van der Waals surface area contributed by atoms with Gasteiger partial charge in [0.25, 0.3) is 0 Å². The minimum atomic E-state index is -4.79. The van der Waals surface area contributed by atoms with Crippen molar-refractivity contribution in [3.05, 3.63) is 60.2 Å². The Morgan fingerprint density at radius 1 is 1.17 bits per heavy atom. The number of para-hydroxylation sites is 1. The molecule has 10 heteroatoms. The lowest BCUT2D eigenvalue weighted by atomic mass is 10.0. The first kappa shape index (κ1) is 21.0. The van der Waals surface area contributed by atoms with Crippen molar-refractivity contribution in [3.8, 4) is 11.1 Å². The van der Waals surface area contributed by atoms with Crippen LogP contribution in [0.5, 0.6) is 0 Å². The van der Waals surface area contributed by atoms with Gasteiger partial charge in [-0.25, -0.2) is 17.8 Å². The van der Waals surface area contributed by atoms with E-state index in [1.165, 1.54) is 36.4 Å². The van der Waals surface area contributed by atoms with E-state index in [1.54, 1.807) is 6.07 Å². The lowest BCUT2D eigenvalue weighted by Crippen LogP contribution is -2.15. The molecular formula is C19H17F4N3O2S. The van der Waals surface area contributed by atoms with Gasteiger partial charge in [0.05, 0.1) is 22.5 Å². The first-order valence-electron chi connectivity index (χ1n) is 8.44. The number of nitrogens with two attached hydrogens (primary N) is 1. The molecule has 0 fully saturated rings. The van der Waals surface area contributed by atoms with Crippen LogP contribution in [0.1, 0.15) is 5.82 Å². The molecule has 5 nitrogen and oxygen atoms in total. The highest BCUT2D eigenvalue weighted by molar-refractivity contribution is 7.90. The van der Waals surface area contributed by atoms with Gasteiger partial charge >= 0.3 is 6.18 Å². The number of rotatable bonds is 5. The Morgan fingerprint density at radius 3 is 2.38 bits per heavy atom. The Hall–Kier alpha value is -2.72. The van der Waals surface area contributed by atoms with E-state index in [0.29, 0.717) is 11.1 Å². The molecule has 154 valence electrons. The largest absolute Gasteiger partial charge is 0.449 e. The summed E-state index contributed by atoms with van der Waals surface area (Å²) in [4.78, 5) is 3.83. The van der Waals surface area contributed by atoms with Gasteiger partial charge in [-0.3, -0.25) is 0 Å². The fourth-order valence-corrected chi connectivity index (χ4v) is 3.61. The number of sulfone groups is 1. The number of fused-ring (bicyclic) bond motifs is 1. The minimum absolute atomic E-state index is 0.0347. The van der Waals surface area contributed by atoms with Crippen molar-refractivity contribution in [1.29, 1.82) is 0 Å². The summed E-state index contributed by atoms with van der Waals surface area (Å²) in [5, 5.41) is 0. The molecule has 0 saturated carbocycles. The van der Waals surface area contributed by atoms with Crippen LogP contribution in [-0.2, 0) is 22.6 Å². The van der Waals surface area contributed by atoms with E-state index in [2.05, 4.69) is 4.98 Å². The van der Waals surface area contributed by atoms with Crippen molar-refractivity contribution >= 4 is 20.9 Å². The third-order valence-corrected chi connectivity index (χ3v) is 5.40. The van der Waals surface area contributed by atoms with Crippen LogP contribution >= 0.6 is 0 Å². The Bertz CT molecular complexity index is 1180. The molecule has 0 unspecified atom stereocenters. The summed E-state index contributed by atoms with van der Waals surface area (Å²) in [7, 11) is -3.41. The third-order valence-electron chi connectivity index (χ3n) is 4.27. The normalized spacial score (nSPS) is 13.2. The maximum atomic E-state index is 14.0. The topological polar surface area (TPSA) is 78.0 Å². The highest BCUT2D eigenvalue weighted by atomic mass is 32.2. The van der Waals surface area contributed by atoms with Crippen molar-refractivity contribution in [1.82, 2.24) is 9.55 Å². The molecule has 0 amide bonds. The molecule has 0 atom stereocenters. The van der Waals surface area contributed by atoms with Crippen molar-refractivity contribution in [2.24, 2.45) is 5.73 Å². The van der Waals surface area contributed by atoms with Gasteiger partial charge in [0.15, 0.2) is 9.84 Å². The van der Waals surface area contributed by atoms with Gasteiger partial charge in [0.2, 0.25) is 5.82 Å². The van der Waals surface area contributed by atoms with Gasteiger partial charge < -0.3 is 10.3 Å². The average molecular weight is 427 g/mol. The molecule has 29 heavy (non-hydrogen) atoms. The summed E-state index contributed by atoms with van der Waals surface area (Å²) in [5.74, 6) is -2.03. The minimum Gasteiger partial charge on any atom is -0.327 e. The van der Waals surface area contributed by atoms with Gasteiger partial charge in [-0.1, -0.05) is 24.3 Å². The molecule has 2 N–H and O–H groups in total. The smallest absolute Gasteiger partial charge is 0.327 e. The highest BCUT2D eigenvalue weighted by Crippen LogP contribution is 2.36. The predicted octanol–water partition coefficient (Wildman–Crippen LogP) is 3.94. The summed E-state index contributed by atoms with van der Waals surface area (Å²) < 4.78 is 78.5. The van der Waals surface area contributed by atoms with E-state index in [4.69, 9.17) is 5.73 Å². The number of halogens is 4. The number of aromatic nitrogens is 2. The number of hydrogen-bond donors (Lipinski definition) is 1. The van der Waals surface area contributed by atoms with E-state index in [-0.39, 0.29) is 22.5 Å². The summed E-state index contributed by atoms with van der Waals surface area (Å²) in [6.45, 7) is -0.795. The monoisotopic (exact) mass is 427 g/mol. The SMILES string of the molecule is CS(=O)(=O)c1ccc(-c2cccc3c2nc(C(F)(F)F)n3C/C(F)=C/CN)cc1. The first-order valence-corrected chi connectivity index (χ1v) is 10.3. The van der Waals surface area contributed by atoms with Gasteiger partial charge in [-0.15, -0.1) is 0 Å². The van der Waals surface area contributed by atoms with E-state index in [9.17, 15) is 26.0 Å². The Balaban J connectivity index is 2.21. The van der Waals surface area contributed by atoms with Crippen LogP contribution in [0.25, 0.3) is 22.2 Å². The molecule has 0 radical (unpaired) electrons. The molecule has 0 saturated heterocycles. The quantitative estimate of drug-likeness (QED) is 0.626. The molecule has 0 aliphatic rings. The summed E-state index contributed by atoms with van der Waals surface area (Å²) in [6, 6.07) is 10.2. The molecule has 2 aromatic carbocycles. The van der Waals surface area contributed by atoms with E-state index in [1.807, 2.05) is 0 Å². The molecule has 1 aromatic heterocycles. The number of imidazole rings is 1. The number of hydrogen-bond acceptors (Lipinski definition) is 4. The van der Waals surface area contributed by atoms with Crippen molar-refractivity contribution < 1.29 is 26.0 Å². The second-order valence-electron chi connectivity index (χ2n) is 6.38. The molecule has 0 aliphatic carbocycles. The zero-order valence-corrected chi connectivity index (χ0v) is 16.1. The van der Waals surface area contributed by atoms with Crippen LogP contribution in [0.4, 0.5) is 17.6 Å². The maximum absolute atomic E-state index is 14.0. The maximum Gasteiger partial charge on any atom is 0.449 e. The van der Waals surface area contributed by atoms with Crippen LogP contribution in [0.15, 0.2) is 59.3 Å². The summed E-state index contributed by atoms with van der Waals surface area (Å²) >= 11 is 0. The van der Waals surface area contributed by atoms with E-state index < -0.39 is 34.2 Å². The van der Waals surface area contributed by atoms with Crippen LogP contribution in [0.3, 0.4) is 0 Å². The van der Waals surface area contributed by atoms with Crippen LogP contribution in [-0.4, -0.2) is 30.8 Å². The van der Waals surface area contributed by atoms with Gasteiger partial charge in [0.1, 0.15) is 5.83 Å². The molecule has 0 spiro atoms. The van der Waals surface area contributed by atoms with Crippen LogP contribution < -0.4 is 5.73 Å². The van der Waals surface area contributed by atoms with Crippen molar-refractivity contribution in [2.45, 2.75) is 17.6 Å². The predicted molar refractivity (Wildman–Crippen MR) is 102 cm³/mol. The lowest BCUT2D eigenvalue weighted by Gasteiger charge is -2.10. The third kappa shape index (κ3) is 4.33. The van der Waals surface area contributed by atoms with Crippen molar-refractivity contribution in [2.75, 3.05) is 12.8 Å². The van der Waals surface area contributed by atoms with Gasteiger partial charge in [0, 0.05) is 18.4 Å². The summed E-state index contributed by atoms with van der Waals surface area (Å²) in [5.41, 5.74) is 6.22. The zero-order chi connectivity index (χ0) is 21.4. The Kier molecular flexibility index (Phi) is 5.50. The first-order chi connectivity index (χ1) is 13.5.